The Morgan fingerprint density at radius 1 is 1.21 bits per heavy atom. The lowest BCUT2D eigenvalue weighted by molar-refractivity contribution is 0.0729. The zero-order valence-corrected chi connectivity index (χ0v) is 14.1. The standard InChI is InChI=1S/C19H17N3OS/c1-13-5-2-6-14(11-13)21-18-17-16(8-3-9-20-17)19(23)22(18)12-15-7-4-10-24-15/h2-11,18,21H,12H2,1H3/t18-/m0/s1. The van der Waals surface area contributed by atoms with Crippen LogP contribution in [0.15, 0.2) is 60.1 Å². The van der Waals surface area contributed by atoms with Gasteiger partial charge in [0.05, 0.1) is 17.8 Å². The Bertz CT molecular complexity index is 876. The number of carbonyl (C=O) groups excluding carboxylic acids is 1. The summed E-state index contributed by atoms with van der Waals surface area (Å²) in [5.74, 6) is 0.0247. The van der Waals surface area contributed by atoms with Crippen molar-refractivity contribution in [2.24, 2.45) is 0 Å². The molecule has 1 aliphatic heterocycles. The number of benzene rings is 1. The lowest BCUT2D eigenvalue weighted by atomic mass is 10.2. The third-order valence-corrected chi connectivity index (χ3v) is 4.99. The number of pyridine rings is 1. The van der Waals surface area contributed by atoms with Gasteiger partial charge in [0.2, 0.25) is 0 Å². The molecule has 4 nitrogen and oxygen atoms in total. The molecule has 1 atom stereocenters. The quantitative estimate of drug-likeness (QED) is 0.776. The average molecular weight is 335 g/mol. The summed E-state index contributed by atoms with van der Waals surface area (Å²) >= 11 is 1.66. The van der Waals surface area contributed by atoms with Crippen LogP contribution in [0.4, 0.5) is 5.69 Å². The molecule has 3 heterocycles. The molecule has 1 amide bonds. The molecule has 0 fully saturated rings. The van der Waals surface area contributed by atoms with E-state index in [9.17, 15) is 4.79 Å². The first-order chi connectivity index (χ1) is 11.7. The van der Waals surface area contributed by atoms with Crippen molar-refractivity contribution >= 4 is 22.9 Å². The molecule has 0 radical (unpaired) electrons. The van der Waals surface area contributed by atoms with Gasteiger partial charge in [-0.2, -0.15) is 0 Å². The number of rotatable bonds is 4. The average Bonchev–Trinajstić information content (AvgIpc) is 3.18. The number of anilines is 1. The normalized spacial score (nSPS) is 16.3. The van der Waals surface area contributed by atoms with E-state index in [2.05, 4.69) is 35.4 Å². The first-order valence-electron chi connectivity index (χ1n) is 7.84. The van der Waals surface area contributed by atoms with E-state index in [0.29, 0.717) is 12.1 Å². The van der Waals surface area contributed by atoms with Crippen LogP contribution in [0.5, 0.6) is 0 Å². The highest BCUT2D eigenvalue weighted by atomic mass is 32.1. The number of hydrogen-bond donors (Lipinski definition) is 1. The molecular formula is C19H17N3OS. The highest BCUT2D eigenvalue weighted by molar-refractivity contribution is 7.09. The number of aromatic nitrogens is 1. The van der Waals surface area contributed by atoms with E-state index in [0.717, 1.165) is 16.3 Å². The minimum Gasteiger partial charge on any atom is -0.360 e. The molecule has 120 valence electrons. The van der Waals surface area contributed by atoms with Crippen LogP contribution in [0.2, 0.25) is 0 Å². The van der Waals surface area contributed by atoms with Gasteiger partial charge >= 0.3 is 0 Å². The first kappa shape index (κ1) is 14.9. The monoisotopic (exact) mass is 335 g/mol. The van der Waals surface area contributed by atoms with E-state index in [-0.39, 0.29) is 12.1 Å². The molecule has 3 aromatic rings. The Kier molecular flexibility index (Phi) is 3.78. The highest BCUT2D eigenvalue weighted by Gasteiger charge is 2.37. The van der Waals surface area contributed by atoms with Gasteiger partial charge in [0.15, 0.2) is 0 Å². The van der Waals surface area contributed by atoms with E-state index in [1.54, 1.807) is 17.5 Å². The summed E-state index contributed by atoms with van der Waals surface area (Å²) in [4.78, 5) is 20.3. The maximum absolute atomic E-state index is 12.8. The molecular weight excluding hydrogens is 318 g/mol. The van der Waals surface area contributed by atoms with Gasteiger partial charge < -0.3 is 10.2 Å². The topological polar surface area (TPSA) is 45.2 Å². The molecule has 0 unspecified atom stereocenters. The Morgan fingerprint density at radius 3 is 2.92 bits per heavy atom. The van der Waals surface area contributed by atoms with Gasteiger partial charge in [-0.3, -0.25) is 9.78 Å². The number of nitrogens with zero attached hydrogens (tertiary/aromatic N) is 2. The molecule has 2 aromatic heterocycles. The highest BCUT2D eigenvalue weighted by Crippen LogP contribution is 2.34. The zero-order chi connectivity index (χ0) is 16.5. The summed E-state index contributed by atoms with van der Waals surface area (Å²) in [7, 11) is 0. The lowest BCUT2D eigenvalue weighted by Gasteiger charge is -2.26. The van der Waals surface area contributed by atoms with Crippen molar-refractivity contribution in [2.45, 2.75) is 19.6 Å². The molecule has 0 spiro atoms. The van der Waals surface area contributed by atoms with Crippen LogP contribution in [-0.4, -0.2) is 15.8 Å². The number of hydrogen-bond acceptors (Lipinski definition) is 4. The number of amides is 1. The molecule has 0 saturated carbocycles. The van der Waals surface area contributed by atoms with Gasteiger partial charge in [0.1, 0.15) is 6.17 Å². The SMILES string of the molecule is Cc1cccc(N[C@@H]2c3ncccc3C(=O)N2Cc2cccs2)c1. The summed E-state index contributed by atoms with van der Waals surface area (Å²) in [6.45, 7) is 2.64. The molecule has 1 aliphatic rings. The predicted octanol–water partition coefficient (Wildman–Crippen LogP) is 4.22. The number of fused-ring (bicyclic) bond motifs is 1. The van der Waals surface area contributed by atoms with Gasteiger partial charge in [-0.25, -0.2) is 0 Å². The minimum absolute atomic E-state index is 0.0247. The Labute approximate surface area is 144 Å². The fourth-order valence-corrected chi connectivity index (χ4v) is 3.71. The van der Waals surface area contributed by atoms with Crippen molar-refractivity contribution in [2.75, 3.05) is 5.32 Å². The van der Waals surface area contributed by atoms with E-state index < -0.39 is 0 Å². The third-order valence-electron chi connectivity index (χ3n) is 4.13. The summed E-state index contributed by atoms with van der Waals surface area (Å²) in [5, 5.41) is 5.51. The summed E-state index contributed by atoms with van der Waals surface area (Å²) < 4.78 is 0. The van der Waals surface area contributed by atoms with Crippen molar-refractivity contribution in [1.82, 2.24) is 9.88 Å². The van der Waals surface area contributed by atoms with Crippen LogP contribution in [0, 0.1) is 6.92 Å². The van der Waals surface area contributed by atoms with Gasteiger partial charge in [0, 0.05) is 16.8 Å². The van der Waals surface area contributed by atoms with E-state index in [1.807, 2.05) is 40.6 Å². The maximum Gasteiger partial charge on any atom is 0.258 e. The lowest BCUT2D eigenvalue weighted by Crippen LogP contribution is -2.31. The Hall–Kier alpha value is -2.66. The van der Waals surface area contributed by atoms with Gasteiger partial charge in [-0.15, -0.1) is 11.3 Å². The second kappa shape index (κ2) is 6.09. The van der Waals surface area contributed by atoms with Crippen LogP contribution in [-0.2, 0) is 6.54 Å². The van der Waals surface area contributed by atoms with Crippen molar-refractivity contribution in [3.8, 4) is 0 Å². The van der Waals surface area contributed by atoms with E-state index in [4.69, 9.17) is 0 Å². The van der Waals surface area contributed by atoms with E-state index >= 15 is 0 Å². The molecule has 0 aliphatic carbocycles. The Morgan fingerprint density at radius 2 is 2.12 bits per heavy atom. The first-order valence-corrected chi connectivity index (χ1v) is 8.72. The smallest absolute Gasteiger partial charge is 0.258 e. The fraction of sp³-hybridized carbons (Fsp3) is 0.158. The van der Waals surface area contributed by atoms with Gasteiger partial charge in [-0.05, 0) is 48.2 Å². The number of carbonyl (C=O) groups is 1. The maximum atomic E-state index is 12.8. The van der Waals surface area contributed by atoms with Crippen molar-refractivity contribution in [3.63, 3.8) is 0 Å². The zero-order valence-electron chi connectivity index (χ0n) is 13.3. The number of nitrogens with one attached hydrogen (secondary N) is 1. The minimum atomic E-state index is -0.252. The van der Waals surface area contributed by atoms with Crippen LogP contribution >= 0.6 is 11.3 Å². The molecule has 0 bridgehead atoms. The van der Waals surface area contributed by atoms with E-state index in [1.165, 1.54) is 5.56 Å². The largest absolute Gasteiger partial charge is 0.360 e. The molecule has 1 aromatic carbocycles. The summed E-state index contributed by atoms with van der Waals surface area (Å²) in [6.07, 6.45) is 1.49. The fourth-order valence-electron chi connectivity index (χ4n) is 3.01. The van der Waals surface area contributed by atoms with Crippen LogP contribution in [0.1, 0.15) is 32.7 Å². The number of aryl methyl sites for hydroxylation is 1. The Balaban J connectivity index is 1.70. The van der Waals surface area contributed by atoms with Gasteiger partial charge in [-0.1, -0.05) is 18.2 Å². The predicted molar refractivity (Wildman–Crippen MR) is 96.0 cm³/mol. The summed E-state index contributed by atoms with van der Waals surface area (Å²) in [5.41, 5.74) is 3.64. The third kappa shape index (κ3) is 2.67. The van der Waals surface area contributed by atoms with Crippen LogP contribution < -0.4 is 5.32 Å². The summed E-state index contributed by atoms with van der Waals surface area (Å²) in [6, 6.07) is 15.9. The van der Waals surface area contributed by atoms with Gasteiger partial charge in [0.25, 0.3) is 5.91 Å². The van der Waals surface area contributed by atoms with Crippen molar-refractivity contribution < 1.29 is 4.79 Å². The molecule has 5 heteroatoms. The second-order valence-electron chi connectivity index (χ2n) is 5.86. The molecule has 24 heavy (non-hydrogen) atoms. The molecule has 0 saturated heterocycles. The van der Waals surface area contributed by atoms with Crippen LogP contribution in [0.25, 0.3) is 0 Å². The van der Waals surface area contributed by atoms with Crippen LogP contribution in [0.3, 0.4) is 0 Å². The van der Waals surface area contributed by atoms with Crippen molar-refractivity contribution in [3.05, 3.63) is 81.8 Å². The van der Waals surface area contributed by atoms with Crippen molar-refractivity contribution in [1.29, 1.82) is 0 Å². The molecule has 1 N–H and O–H groups in total. The number of thiophene rings is 1. The molecule has 4 rings (SSSR count). The second-order valence-corrected chi connectivity index (χ2v) is 6.90.